The van der Waals surface area contributed by atoms with Crippen LogP contribution in [-0.2, 0) is 0 Å². The maximum absolute atomic E-state index is 12.7. The number of thiophene rings is 1. The summed E-state index contributed by atoms with van der Waals surface area (Å²) < 4.78 is 1.80. The van der Waals surface area contributed by atoms with E-state index in [1.54, 1.807) is 48.7 Å². The van der Waals surface area contributed by atoms with Crippen LogP contribution in [0.15, 0.2) is 76.3 Å². The fourth-order valence-electron chi connectivity index (χ4n) is 2.86. The second-order valence-electron chi connectivity index (χ2n) is 6.67. The van der Waals surface area contributed by atoms with E-state index in [0.29, 0.717) is 26.2 Å². The molecule has 0 spiro atoms. The van der Waals surface area contributed by atoms with Crippen molar-refractivity contribution in [3.8, 4) is 0 Å². The standard InChI is InChI=1S/C23H14BrCl2N3O2S/c24-15-5-1-13(2-6-15)12-27-29-22(30)14-3-8-17(9-4-14)28-23(31)21-20(26)18-10-7-16(25)11-19(18)32-21/h1-12H,(H,28,31)(H,29,30)/b27-12-. The van der Waals surface area contributed by atoms with Crippen LogP contribution in [0.5, 0.6) is 0 Å². The van der Waals surface area contributed by atoms with Gasteiger partial charge in [0, 0.05) is 30.8 Å². The van der Waals surface area contributed by atoms with Crippen molar-refractivity contribution < 1.29 is 9.59 Å². The molecule has 0 bridgehead atoms. The number of halogens is 3. The minimum absolute atomic E-state index is 0.330. The van der Waals surface area contributed by atoms with Crippen molar-refractivity contribution in [2.75, 3.05) is 5.32 Å². The van der Waals surface area contributed by atoms with Crippen molar-refractivity contribution in [2.24, 2.45) is 5.10 Å². The lowest BCUT2D eigenvalue weighted by atomic mass is 10.2. The van der Waals surface area contributed by atoms with Crippen LogP contribution in [0, 0.1) is 0 Å². The fraction of sp³-hybridized carbons (Fsp3) is 0. The van der Waals surface area contributed by atoms with Gasteiger partial charge in [0.25, 0.3) is 11.8 Å². The molecule has 5 nitrogen and oxygen atoms in total. The van der Waals surface area contributed by atoms with Crippen molar-refractivity contribution >= 4 is 84.3 Å². The number of hydrazone groups is 1. The number of carbonyl (C=O) groups excluding carboxylic acids is 2. The highest BCUT2D eigenvalue weighted by atomic mass is 79.9. The molecule has 0 aliphatic rings. The van der Waals surface area contributed by atoms with E-state index in [4.69, 9.17) is 23.2 Å². The molecule has 4 rings (SSSR count). The first-order valence-corrected chi connectivity index (χ1v) is 11.7. The number of rotatable bonds is 5. The molecule has 1 aromatic heterocycles. The summed E-state index contributed by atoms with van der Waals surface area (Å²) in [6.07, 6.45) is 1.56. The molecule has 0 atom stereocenters. The normalized spacial score (nSPS) is 11.1. The van der Waals surface area contributed by atoms with Crippen molar-refractivity contribution in [2.45, 2.75) is 0 Å². The van der Waals surface area contributed by atoms with Crippen LogP contribution in [-0.4, -0.2) is 18.0 Å². The third-order valence-corrected chi connectivity index (χ3v) is 6.87. The second kappa shape index (κ2) is 9.83. The van der Waals surface area contributed by atoms with E-state index in [9.17, 15) is 9.59 Å². The molecule has 32 heavy (non-hydrogen) atoms. The van der Waals surface area contributed by atoms with Crippen LogP contribution >= 0.6 is 50.5 Å². The summed E-state index contributed by atoms with van der Waals surface area (Å²) >= 11 is 17.0. The van der Waals surface area contributed by atoms with E-state index in [-0.39, 0.29) is 11.8 Å². The lowest BCUT2D eigenvalue weighted by Crippen LogP contribution is -2.17. The molecule has 0 saturated heterocycles. The summed E-state index contributed by atoms with van der Waals surface area (Å²) in [4.78, 5) is 25.4. The van der Waals surface area contributed by atoms with E-state index in [0.717, 1.165) is 20.1 Å². The van der Waals surface area contributed by atoms with E-state index >= 15 is 0 Å². The summed E-state index contributed by atoms with van der Waals surface area (Å²) in [6, 6.07) is 19.3. The van der Waals surface area contributed by atoms with Crippen LogP contribution in [0.25, 0.3) is 10.1 Å². The summed E-state index contributed by atoms with van der Waals surface area (Å²) in [5, 5.41) is 8.51. The third kappa shape index (κ3) is 5.19. The zero-order valence-electron chi connectivity index (χ0n) is 16.2. The van der Waals surface area contributed by atoms with Crippen LogP contribution in [0.1, 0.15) is 25.6 Å². The molecule has 2 amide bonds. The lowest BCUT2D eigenvalue weighted by molar-refractivity contribution is 0.0954. The minimum atomic E-state index is -0.360. The van der Waals surface area contributed by atoms with Crippen molar-refractivity contribution in [1.29, 1.82) is 0 Å². The molecule has 0 aliphatic carbocycles. The van der Waals surface area contributed by atoms with Gasteiger partial charge >= 0.3 is 0 Å². The van der Waals surface area contributed by atoms with Crippen LogP contribution < -0.4 is 10.7 Å². The summed E-state index contributed by atoms with van der Waals surface area (Å²) in [5.41, 5.74) is 4.28. The van der Waals surface area contributed by atoms with Crippen LogP contribution in [0.4, 0.5) is 5.69 Å². The summed E-state index contributed by atoms with van der Waals surface area (Å²) in [7, 11) is 0. The van der Waals surface area contributed by atoms with Gasteiger partial charge in [-0.3, -0.25) is 9.59 Å². The maximum Gasteiger partial charge on any atom is 0.271 e. The number of carbonyl (C=O) groups is 2. The number of anilines is 1. The molecule has 9 heteroatoms. The van der Waals surface area contributed by atoms with Gasteiger partial charge in [0.1, 0.15) is 4.88 Å². The number of fused-ring (bicyclic) bond motifs is 1. The van der Waals surface area contributed by atoms with Crippen molar-refractivity contribution in [1.82, 2.24) is 5.43 Å². The van der Waals surface area contributed by atoms with Crippen LogP contribution in [0.2, 0.25) is 10.0 Å². The van der Waals surface area contributed by atoms with Gasteiger partial charge in [-0.15, -0.1) is 11.3 Å². The first-order chi connectivity index (χ1) is 15.4. The van der Waals surface area contributed by atoms with Gasteiger partial charge in [-0.2, -0.15) is 5.10 Å². The first-order valence-electron chi connectivity index (χ1n) is 9.28. The Hall–Kier alpha value is -2.71. The van der Waals surface area contributed by atoms with Gasteiger partial charge < -0.3 is 5.32 Å². The van der Waals surface area contributed by atoms with Crippen LogP contribution in [0.3, 0.4) is 0 Å². The average Bonchev–Trinajstić information content (AvgIpc) is 3.11. The zero-order chi connectivity index (χ0) is 22.7. The molecule has 2 N–H and O–H groups in total. The molecule has 1 heterocycles. The summed E-state index contributed by atoms with van der Waals surface area (Å²) in [6.45, 7) is 0. The maximum atomic E-state index is 12.7. The van der Waals surface area contributed by atoms with E-state index in [2.05, 4.69) is 31.8 Å². The van der Waals surface area contributed by atoms with Gasteiger partial charge in [-0.05, 0) is 54.1 Å². The Morgan fingerprint density at radius 2 is 1.66 bits per heavy atom. The monoisotopic (exact) mass is 545 g/mol. The van der Waals surface area contributed by atoms with Gasteiger partial charge in [-0.25, -0.2) is 5.43 Å². The van der Waals surface area contributed by atoms with Gasteiger partial charge in [0.05, 0.1) is 11.2 Å². The Labute approximate surface area is 206 Å². The predicted molar refractivity (Wildman–Crippen MR) is 135 cm³/mol. The highest BCUT2D eigenvalue weighted by Crippen LogP contribution is 2.37. The Kier molecular flexibility index (Phi) is 6.91. The number of hydrogen-bond donors (Lipinski definition) is 2. The topological polar surface area (TPSA) is 70.6 Å². The Morgan fingerprint density at radius 3 is 2.38 bits per heavy atom. The molecule has 3 aromatic carbocycles. The average molecular weight is 547 g/mol. The van der Waals surface area contributed by atoms with E-state index in [1.807, 2.05) is 24.3 Å². The molecule has 0 radical (unpaired) electrons. The molecular formula is C23H14BrCl2N3O2S. The van der Waals surface area contributed by atoms with E-state index in [1.165, 1.54) is 11.3 Å². The van der Waals surface area contributed by atoms with Gasteiger partial charge in [0.2, 0.25) is 0 Å². The van der Waals surface area contributed by atoms with Gasteiger partial charge in [-0.1, -0.05) is 57.3 Å². The lowest BCUT2D eigenvalue weighted by Gasteiger charge is -2.05. The fourth-order valence-corrected chi connectivity index (χ4v) is 4.81. The quantitative estimate of drug-likeness (QED) is 0.209. The molecule has 0 fully saturated rings. The Bertz CT molecular complexity index is 1340. The number of amides is 2. The third-order valence-electron chi connectivity index (χ3n) is 4.45. The Balaban J connectivity index is 1.40. The second-order valence-corrected chi connectivity index (χ2v) is 9.45. The number of nitrogens with zero attached hydrogens (tertiary/aromatic N) is 1. The molecule has 0 unspecified atom stereocenters. The zero-order valence-corrected chi connectivity index (χ0v) is 20.1. The first kappa shape index (κ1) is 22.5. The molecule has 0 aliphatic heterocycles. The molecule has 160 valence electrons. The highest BCUT2D eigenvalue weighted by Gasteiger charge is 2.17. The van der Waals surface area contributed by atoms with Gasteiger partial charge in [0.15, 0.2) is 0 Å². The molecular weight excluding hydrogens is 533 g/mol. The molecule has 0 saturated carbocycles. The minimum Gasteiger partial charge on any atom is -0.321 e. The number of hydrogen-bond acceptors (Lipinski definition) is 4. The predicted octanol–water partition coefficient (Wildman–Crippen LogP) is 6.99. The molecule has 4 aromatic rings. The van der Waals surface area contributed by atoms with E-state index < -0.39 is 0 Å². The largest absolute Gasteiger partial charge is 0.321 e. The number of nitrogens with one attached hydrogen (secondary N) is 2. The SMILES string of the molecule is O=C(N/N=C\c1ccc(Br)cc1)c1ccc(NC(=O)c2sc3cc(Cl)ccc3c2Cl)cc1. The summed E-state index contributed by atoms with van der Waals surface area (Å²) in [5.74, 6) is -0.690. The Morgan fingerprint density at radius 1 is 0.938 bits per heavy atom. The van der Waals surface area contributed by atoms with Crippen molar-refractivity contribution in [3.05, 3.63) is 97.3 Å². The number of benzene rings is 3. The van der Waals surface area contributed by atoms with Crippen molar-refractivity contribution in [3.63, 3.8) is 0 Å². The smallest absolute Gasteiger partial charge is 0.271 e. The highest BCUT2D eigenvalue weighted by molar-refractivity contribution is 9.10.